The van der Waals surface area contributed by atoms with E-state index in [1.165, 1.54) is 147 Å². The highest BCUT2D eigenvalue weighted by molar-refractivity contribution is 7.91. The van der Waals surface area contributed by atoms with Crippen LogP contribution >= 0.6 is 0 Å². The van der Waals surface area contributed by atoms with Crippen LogP contribution in [0.15, 0.2) is 141 Å². The van der Waals surface area contributed by atoms with Gasteiger partial charge in [0.2, 0.25) is 0 Å². The number of likely N-dealkylation sites (tertiary alicyclic amines) is 4. The minimum absolute atomic E-state index is 0.103. The summed E-state index contributed by atoms with van der Waals surface area (Å²) in [6.07, 6.45) is 38.1. The van der Waals surface area contributed by atoms with E-state index in [0.29, 0.717) is 78.0 Å². The van der Waals surface area contributed by atoms with Crippen molar-refractivity contribution in [2.45, 2.75) is 140 Å². The first-order valence-corrected chi connectivity index (χ1v) is 50.5. The van der Waals surface area contributed by atoms with Gasteiger partial charge in [-0.3, -0.25) is 4.98 Å². The Hall–Kier alpha value is -9.86. The van der Waals surface area contributed by atoms with Crippen LogP contribution in [0.1, 0.15) is 131 Å². The second-order valence-electron chi connectivity index (χ2n) is 37.4. The van der Waals surface area contributed by atoms with Crippen molar-refractivity contribution in [3.63, 3.8) is 0 Å². The van der Waals surface area contributed by atoms with Crippen molar-refractivity contribution in [3.8, 4) is 44.5 Å². The number of pyridine rings is 1. The molecule has 654 valence electrons. The van der Waals surface area contributed by atoms with Crippen LogP contribution in [-0.4, -0.2) is 235 Å². The van der Waals surface area contributed by atoms with Gasteiger partial charge in [-0.1, -0.05) is 79.7 Å². The molecule has 0 radical (unpaired) electrons. The van der Waals surface area contributed by atoms with E-state index < -0.39 is 29.5 Å². The van der Waals surface area contributed by atoms with Gasteiger partial charge in [-0.2, -0.15) is 0 Å². The molecule has 0 unspecified atom stereocenters. The molecule has 14 heterocycles. The van der Waals surface area contributed by atoms with Gasteiger partial charge in [0.05, 0.1) is 52.0 Å². The molecule has 0 bridgehead atoms. The lowest BCUT2D eigenvalue weighted by Gasteiger charge is -2.56. The van der Waals surface area contributed by atoms with Crippen molar-refractivity contribution in [1.82, 2.24) is 82.7 Å². The van der Waals surface area contributed by atoms with Gasteiger partial charge in [-0.05, 0) is 205 Å². The fraction of sp³-hybridized carbons (Fsp3) is 0.495. The summed E-state index contributed by atoms with van der Waals surface area (Å²) in [7, 11) is -9.05. The largest absolute Gasteiger partial charge is 0.383 e. The standard InChI is InChI=1S/C25H31N5O3S.C24H31N5O2S.C22H28N6O2S.C22H27N5/c1-34(31,32)6-5-17-3-2-4-19(7-17)21-11-30(24-22(21)23(26)27-16-28-24)20-8-18(9-20)10-29-12-25(13-29)14-33-15-25;1-16-6-8-28(16)13-18-11-20(12-18)29-14-21(22-23(25)26-15-27-24(22)29)19-5-3-4-17(10-19)7-9-32(2,30)31;1-31(29,30)6-3-15-7-17(11-24-10-15)19-13-28(22-20(19)21(23)25-14-26-22)18-8-16(9-18)12-27-4-2-5-27;1-2-15-5-3-6-17(9-15)19-13-27(22-20(19)21(23)24-14-25-22)18-10-16(11-18)12-26-7-4-8-26/h2-4,7,11,16,18,20H,5-6,8-10,12-15H2,1H3,(H2,26,27,28);3-5,10,14-16,18,20H,6-9,11-13H2,1-2H3,(H2,25,26,27);7,10-11,13-14,16,18H,2-6,8-9,12H2,1H3,(H2,23,25,26);3,5-6,9,13-14,16,18H,2,4,7-8,10-12H2,1H3,(H2,23,24,25)/t;16-,18?,20?;;/m.1../s1. The Morgan fingerprint density at radius 3 is 1.07 bits per heavy atom. The second kappa shape index (κ2) is 35.2. The first-order chi connectivity index (χ1) is 59.7. The van der Waals surface area contributed by atoms with E-state index in [0.717, 1.165) is 182 Å². The molecule has 3 aromatic carbocycles. The highest BCUT2D eigenvalue weighted by atomic mass is 32.2. The predicted octanol–water partition coefficient (Wildman–Crippen LogP) is 12.1. The van der Waals surface area contributed by atoms with E-state index in [9.17, 15) is 25.3 Å². The summed E-state index contributed by atoms with van der Waals surface area (Å²) in [5.41, 5.74) is 41.7. The molecule has 4 aliphatic carbocycles. The maximum absolute atomic E-state index is 11.6. The number of nitrogens with two attached hydrogens (primary N) is 4. The van der Waals surface area contributed by atoms with Crippen LogP contribution in [0.3, 0.4) is 0 Å². The molecule has 31 heteroatoms. The lowest BCUT2D eigenvalue weighted by Crippen LogP contribution is -2.66. The minimum atomic E-state index is -3.03. The van der Waals surface area contributed by atoms with Crippen LogP contribution in [0.25, 0.3) is 88.6 Å². The molecule has 8 N–H and O–H groups in total. The van der Waals surface area contributed by atoms with Crippen molar-refractivity contribution in [2.75, 3.05) is 144 Å². The number of sulfone groups is 3. The first-order valence-electron chi connectivity index (χ1n) is 44.3. The van der Waals surface area contributed by atoms with Crippen LogP contribution in [0.2, 0.25) is 0 Å². The third-order valence-electron chi connectivity index (χ3n) is 27.8. The Balaban J connectivity index is 0.000000113. The van der Waals surface area contributed by atoms with Crippen molar-refractivity contribution in [2.24, 2.45) is 29.1 Å². The van der Waals surface area contributed by atoms with Crippen molar-refractivity contribution in [1.29, 1.82) is 0 Å². The number of rotatable bonds is 26. The lowest BCUT2D eigenvalue weighted by molar-refractivity contribution is -0.192. The molecule has 5 saturated heterocycles. The average Bonchev–Trinajstić information content (AvgIpc) is 1.70. The fourth-order valence-corrected chi connectivity index (χ4v) is 22.0. The predicted molar refractivity (Wildman–Crippen MR) is 491 cm³/mol. The topological polar surface area (TPSA) is 364 Å². The number of aromatic nitrogens is 13. The zero-order chi connectivity index (χ0) is 85.9. The van der Waals surface area contributed by atoms with E-state index in [-0.39, 0.29) is 17.3 Å². The van der Waals surface area contributed by atoms with E-state index in [4.69, 9.17) is 27.7 Å². The molecule has 1 spiro atoms. The molecule has 28 nitrogen and oxygen atoms in total. The summed E-state index contributed by atoms with van der Waals surface area (Å²) in [5, 5.41) is 3.60. The number of aryl methyl sites for hydroxylation is 4. The third-order valence-corrected chi connectivity index (χ3v) is 30.7. The van der Waals surface area contributed by atoms with Crippen LogP contribution in [-0.2, 0) is 59.9 Å². The molecule has 9 aliphatic rings. The summed E-state index contributed by atoms with van der Waals surface area (Å²) >= 11 is 0. The van der Waals surface area contributed by atoms with Crippen LogP contribution < -0.4 is 22.9 Å². The Morgan fingerprint density at radius 2 is 0.750 bits per heavy atom. The molecule has 4 saturated carbocycles. The third kappa shape index (κ3) is 18.6. The van der Waals surface area contributed by atoms with Gasteiger partial charge in [0.15, 0.2) is 0 Å². The second-order valence-corrected chi connectivity index (χ2v) is 44.2. The summed E-state index contributed by atoms with van der Waals surface area (Å²) in [5.74, 6) is 5.38. The van der Waals surface area contributed by atoms with Gasteiger partial charge < -0.3 is 65.5 Å². The maximum Gasteiger partial charge on any atom is 0.147 e. The molecule has 5 aliphatic heterocycles. The average molecular weight is 1740 g/mol. The summed E-state index contributed by atoms with van der Waals surface area (Å²) < 4.78 is 84.1. The van der Waals surface area contributed by atoms with Crippen molar-refractivity contribution in [3.05, 3.63) is 164 Å². The number of anilines is 4. The Labute approximate surface area is 726 Å². The number of benzene rings is 3. The Kier molecular flexibility index (Phi) is 24.1. The molecule has 9 aromatic heterocycles. The SMILES string of the molecule is CCc1cccc(-c2cn(C3CC(CN4CCC4)C3)c3ncnc(N)c23)c1.CS(=O)(=O)CCc1cccc(-c2cn(C3CC(CN4CC5(COC5)C4)C3)c3ncnc(N)c23)c1.CS(=O)(=O)CCc1cncc(-c2cn(C3CC(CN4CCC4)C3)c3ncnc(N)c23)c1.C[C@@H]1CCN1CC1CC(n2cc(-c3cccc(CCS(C)(=O)=O)c3)c3c(N)ncnc32)C1. The summed E-state index contributed by atoms with van der Waals surface area (Å²) in [6, 6.07) is 29.3. The molecule has 0 amide bonds. The Bertz CT molecular complexity index is 6270. The zero-order valence-corrected chi connectivity index (χ0v) is 74.3. The molecule has 21 rings (SSSR count). The molecular formula is C93H117N21O7S3. The van der Waals surface area contributed by atoms with Crippen molar-refractivity contribution < 1.29 is 30.0 Å². The van der Waals surface area contributed by atoms with Gasteiger partial charge in [0.25, 0.3) is 0 Å². The van der Waals surface area contributed by atoms with E-state index in [2.05, 4.69) is 158 Å². The molecule has 1 atom stereocenters. The number of ether oxygens (including phenoxy) is 1. The van der Waals surface area contributed by atoms with E-state index >= 15 is 0 Å². The summed E-state index contributed by atoms with van der Waals surface area (Å²) in [4.78, 5) is 50.0. The van der Waals surface area contributed by atoms with E-state index in [1.54, 1.807) is 25.0 Å². The highest BCUT2D eigenvalue weighted by Crippen LogP contribution is 2.50. The van der Waals surface area contributed by atoms with Crippen LogP contribution in [0, 0.1) is 29.1 Å². The maximum atomic E-state index is 11.6. The van der Waals surface area contributed by atoms with Crippen LogP contribution in [0.4, 0.5) is 23.3 Å². The quantitative estimate of drug-likeness (QED) is 0.0391. The smallest absolute Gasteiger partial charge is 0.147 e. The number of nitrogens with zero attached hydrogens (tertiary/aromatic N) is 17. The molecular weight excluding hydrogens is 1620 g/mol. The molecule has 12 aromatic rings. The molecule has 124 heavy (non-hydrogen) atoms. The summed E-state index contributed by atoms with van der Waals surface area (Å²) in [6.45, 7) is 19.9. The number of nitrogen functional groups attached to an aromatic ring is 4. The van der Waals surface area contributed by atoms with Crippen molar-refractivity contribution >= 4 is 96.9 Å². The monoisotopic (exact) mass is 1740 g/mol. The van der Waals surface area contributed by atoms with Gasteiger partial charge >= 0.3 is 0 Å². The zero-order valence-electron chi connectivity index (χ0n) is 71.9. The highest BCUT2D eigenvalue weighted by Gasteiger charge is 2.50. The molecule has 9 fully saturated rings. The minimum Gasteiger partial charge on any atom is -0.383 e. The number of hydrogen-bond donors (Lipinski definition) is 4. The van der Waals surface area contributed by atoms with Gasteiger partial charge in [0.1, 0.15) is 101 Å². The van der Waals surface area contributed by atoms with Gasteiger partial charge in [-0.15, -0.1) is 0 Å². The van der Waals surface area contributed by atoms with Gasteiger partial charge in [-0.25, -0.2) is 65.1 Å². The first kappa shape index (κ1) is 85.0. The van der Waals surface area contributed by atoms with E-state index in [1.807, 2.05) is 42.5 Å². The lowest BCUT2D eigenvalue weighted by atomic mass is 9.74. The van der Waals surface area contributed by atoms with Gasteiger partial charge in [0, 0.05) is 159 Å². The van der Waals surface area contributed by atoms with Crippen LogP contribution in [0.5, 0.6) is 0 Å². The fourth-order valence-electron chi connectivity index (χ4n) is 20.2. The number of hydrogen-bond acceptors (Lipinski definition) is 24. The Morgan fingerprint density at radius 1 is 0.411 bits per heavy atom. The number of fused-ring (bicyclic) bond motifs is 4. The normalized spacial score (nSPS) is 23.1.